The first-order valence-corrected chi connectivity index (χ1v) is 9.06. The fraction of sp³-hybridized carbons (Fsp3) is 0.167. The van der Waals surface area contributed by atoms with E-state index >= 15 is 0 Å². The second-order valence-electron chi connectivity index (χ2n) is 5.28. The summed E-state index contributed by atoms with van der Waals surface area (Å²) in [6.07, 6.45) is 1.81. The van der Waals surface area contributed by atoms with E-state index in [1.807, 2.05) is 24.6 Å². The first-order chi connectivity index (χ1) is 11.6. The number of rotatable bonds is 5. The lowest BCUT2D eigenvalue weighted by atomic mass is 10.0. The molecule has 24 heavy (non-hydrogen) atoms. The molecule has 0 bridgehead atoms. The fourth-order valence-electron chi connectivity index (χ4n) is 2.30. The zero-order chi connectivity index (χ0) is 17.1. The first-order valence-electron chi connectivity index (χ1n) is 7.42. The zero-order valence-corrected chi connectivity index (χ0v) is 15.5. The summed E-state index contributed by atoms with van der Waals surface area (Å²) in [6, 6.07) is 11.4. The molecule has 0 spiro atoms. The zero-order valence-electron chi connectivity index (χ0n) is 13.2. The van der Waals surface area contributed by atoms with E-state index in [1.165, 1.54) is 0 Å². The van der Waals surface area contributed by atoms with E-state index in [9.17, 15) is 0 Å². The highest BCUT2D eigenvalue weighted by molar-refractivity contribution is 7.13. The maximum atomic E-state index is 6.07. The maximum absolute atomic E-state index is 6.07. The molecule has 0 aliphatic rings. The van der Waals surface area contributed by atoms with Gasteiger partial charge in [-0.15, -0.1) is 11.3 Å². The molecule has 3 rings (SSSR count). The SMILES string of the molecule is CNC(C)c1cc(-c2nccs2)ccc1Oc1ccc(Cl)c(Cl)c1. The third-order valence-electron chi connectivity index (χ3n) is 3.71. The van der Waals surface area contributed by atoms with Crippen molar-refractivity contribution in [3.63, 3.8) is 0 Å². The average Bonchev–Trinajstić information content (AvgIpc) is 3.12. The molecule has 1 heterocycles. The van der Waals surface area contributed by atoms with Crippen molar-refractivity contribution in [2.24, 2.45) is 0 Å². The Morgan fingerprint density at radius 3 is 2.62 bits per heavy atom. The molecule has 6 heteroatoms. The minimum Gasteiger partial charge on any atom is -0.457 e. The van der Waals surface area contributed by atoms with Crippen LogP contribution in [0.25, 0.3) is 10.6 Å². The third-order valence-corrected chi connectivity index (χ3v) is 5.27. The summed E-state index contributed by atoms with van der Waals surface area (Å²) in [5, 5.41) is 7.19. The molecule has 1 unspecified atom stereocenters. The molecule has 2 aromatic carbocycles. The van der Waals surface area contributed by atoms with Crippen LogP contribution >= 0.6 is 34.5 Å². The fourth-order valence-corrected chi connectivity index (χ4v) is 3.23. The van der Waals surface area contributed by atoms with Gasteiger partial charge in [0.05, 0.1) is 10.0 Å². The Balaban J connectivity index is 1.98. The number of nitrogens with one attached hydrogen (secondary N) is 1. The van der Waals surface area contributed by atoms with Crippen LogP contribution in [0.2, 0.25) is 10.0 Å². The molecule has 124 valence electrons. The van der Waals surface area contributed by atoms with E-state index in [-0.39, 0.29) is 6.04 Å². The summed E-state index contributed by atoms with van der Waals surface area (Å²) in [6.45, 7) is 2.09. The quantitative estimate of drug-likeness (QED) is 0.574. The molecule has 0 aliphatic heterocycles. The second kappa shape index (κ2) is 7.53. The Labute approximate surface area is 155 Å². The van der Waals surface area contributed by atoms with Gasteiger partial charge in [0.2, 0.25) is 0 Å². The summed E-state index contributed by atoms with van der Waals surface area (Å²) >= 11 is 13.6. The highest BCUT2D eigenvalue weighted by atomic mass is 35.5. The number of halogens is 2. The molecule has 1 N–H and O–H groups in total. The predicted octanol–water partition coefficient (Wildman–Crippen LogP) is 6.19. The summed E-state index contributed by atoms with van der Waals surface area (Å²) < 4.78 is 6.04. The van der Waals surface area contributed by atoms with Crippen LogP contribution in [0.15, 0.2) is 48.0 Å². The van der Waals surface area contributed by atoms with Crippen LogP contribution in [-0.2, 0) is 0 Å². The second-order valence-corrected chi connectivity index (χ2v) is 6.99. The predicted molar refractivity (Wildman–Crippen MR) is 102 cm³/mol. The summed E-state index contributed by atoms with van der Waals surface area (Å²) in [5.74, 6) is 1.42. The van der Waals surface area contributed by atoms with Gasteiger partial charge in [0.25, 0.3) is 0 Å². The molecule has 3 nitrogen and oxygen atoms in total. The van der Waals surface area contributed by atoms with Crippen LogP contribution in [0.3, 0.4) is 0 Å². The Hall–Kier alpha value is -1.59. The van der Waals surface area contributed by atoms with Gasteiger partial charge >= 0.3 is 0 Å². The van der Waals surface area contributed by atoms with Crippen molar-refractivity contribution in [1.82, 2.24) is 10.3 Å². The molecule has 0 saturated heterocycles. The number of nitrogens with zero attached hydrogens (tertiary/aromatic N) is 1. The van der Waals surface area contributed by atoms with E-state index < -0.39 is 0 Å². The number of thiazole rings is 1. The third kappa shape index (κ3) is 3.73. The van der Waals surface area contributed by atoms with E-state index in [0.29, 0.717) is 15.8 Å². The average molecular weight is 379 g/mol. The Kier molecular flexibility index (Phi) is 5.41. The van der Waals surface area contributed by atoms with Crippen molar-refractivity contribution < 1.29 is 4.74 Å². The molecule has 1 aromatic heterocycles. The van der Waals surface area contributed by atoms with Crippen LogP contribution < -0.4 is 10.1 Å². The molecule has 0 saturated carbocycles. The minimum atomic E-state index is 0.127. The number of hydrogen-bond donors (Lipinski definition) is 1. The van der Waals surface area contributed by atoms with Crippen molar-refractivity contribution in [3.8, 4) is 22.1 Å². The van der Waals surface area contributed by atoms with E-state index in [0.717, 1.165) is 21.9 Å². The summed E-state index contributed by atoms with van der Waals surface area (Å²) in [4.78, 5) is 4.37. The van der Waals surface area contributed by atoms with Crippen molar-refractivity contribution >= 4 is 34.5 Å². The van der Waals surface area contributed by atoms with Gasteiger partial charge < -0.3 is 10.1 Å². The lowest BCUT2D eigenvalue weighted by Crippen LogP contribution is -2.13. The van der Waals surface area contributed by atoms with Crippen LogP contribution in [-0.4, -0.2) is 12.0 Å². The van der Waals surface area contributed by atoms with Gasteiger partial charge in [0, 0.05) is 34.8 Å². The van der Waals surface area contributed by atoms with Gasteiger partial charge in [-0.3, -0.25) is 0 Å². The Bertz CT molecular complexity index is 837. The summed E-state index contributed by atoms with van der Waals surface area (Å²) in [7, 11) is 1.92. The topological polar surface area (TPSA) is 34.2 Å². The standard InChI is InChI=1S/C18H16Cl2N2OS/c1-11(21-2)14-9-12(18-22-7-8-24-18)3-6-17(14)23-13-4-5-15(19)16(20)10-13/h3-11,21H,1-2H3. The Morgan fingerprint density at radius 2 is 1.96 bits per heavy atom. The molecular weight excluding hydrogens is 363 g/mol. The lowest BCUT2D eigenvalue weighted by Gasteiger charge is -2.17. The van der Waals surface area contributed by atoms with Gasteiger partial charge in [-0.25, -0.2) is 4.98 Å². The molecule has 0 amide bonds. The van der Waals surface area contributed by atoms with Crippen molar-refractivity contribution in [3.05, 3.63) is 63.6 Å². The minimum absolute atomic E-state index is 0.127. The molecule has 1 atom stereocenters. The number of hydrogen-bond acceptors (Lipinski definition) is 4. The summed E-state index contributed by atoms with van der Waals surface area (Å²) in [5.41, 5.74) is 2.12. The normalized spacial score (nSPS) is 12.2. The smallest absolute Gasteiger partial charge is 0.132 e. The Morgan fingerprint density at radius 1 is 1.12 bits per heavy atom. The van der Waals surface area contributed by atoms with Crippen molar-refractivity contribution in [2.45, 2.75) is 13.0 Å². The van der Waals surface area contributed by atoms with E-state index in [1.54, 1.807) is 35.7 Å². The van der Waals surface area contributed by atoms with Gasteiger partial charge in [-0.2, -0.15) is 0 Å². The lowest BCUT2D eigenvalue weighted by molar-refractivity contribution is 0.466. The van der Waals surface area contributed by atoms with Crippen LogP contribution in [0.1, 0.15) is 18.5 Å². The number of benzene rings is 2. The van der Waals surface area contributed by atoms with Crippen LogP contribution in [0, 0.1) is 0 Å². The largest absolute Gasteiger partial charge is 0.457 e. The molecule has 0 aliphatic carbocycles. The van der Waals surface area contributed by atoms with Gasteiger partial charge in [-0.1, -0.05) is 23.2 Å². The van der Waals surface area contributed by atoms with Crippen molar-refractivity contribution in [2.75, 3.05) is 7.05 Å². The molecule has 3 aromatic rings. The highest BCUT2D eigenvalue weighted by Gasteiger charge is 2.14. The number of aromatic nitrogens is 1. The molecule has 0 radical (unpaired) electrons. The highest BCUT2D eigenvalue weighted by Crippen LogP contribution is 2.35. The maximum Gasteiger partial charge on any atom is 0.132 e. The van der Waals surface area contributed by atoms with Gasteiger partial charge in [0.1, 0.15) is 16.5 Å². The van der Waals surface area contributed by atoms with Crippen LogP contribution in [0.4, 0.5) is 0 Å². The van der Waals surface area contributed by atoms with E-state index in [2.05, 4.69) is 23.3 Å². The van der Waals surface area contributed by atoms with Gasteiger partial charge in [-0.05, 0) is 44.3 Å². The molecular formula is C18H16Cl2N2OS. The van der Waals surface area contributed by atoms with Crippen LogP contribution in [0.5, 0.6) is 11.5 Å². The van der Waals surface area contributed by atoms with Crippen molar-refractivity contribution in [1.29, 1.82) is 0 Å². The monoisotopic (exact) mass is 378 g/mol. The van der Waals surface area contributed by atoms with E-state index in [4.69, 9.17) is 27.9 Å². The number of ether oxygens (including phenoxy) is 1. The first kappa shape index (κ1) is 17.2. The van der Waals surface area contributed by atoms with Gasteiger partial charge in [0.15, 0.2) is 0 Å². The molecule has 0 fully saturated rings.